The fourth-order valence-corrected chi connectivity index (χ4v) is 2.43. The van der Waals surface area contributed by atoms with Gasteiger partial charge in [-0.25, -0.2) is 0 Å². The van der Waals surface area contributed by atoms with Crippen molar-refractivity contribution >= 4 is 11.9 Å². The molecular formula is C14H22O3. The average Bonchev–Trinajstić information content (AvgIpc) is 2.42. The Morgan fingerprint density at radius 2 is 2.06 bits per heavy atom. The lowest BCUT2D eigenvalue weighted by atomic mass is 9.93. The first-order chi connectivity index (χ1) is 7.88. The second kappa shape index (κ2) is 5.99. The lowest BCUT2D eigenvalue weighted by molar-refractivity contribution is -0.153. The molecule has 0 radical (unpaired) electrons. The van der Waals surface area contributed by atoms with Crippen LogP contribution in [0.2, 0.25) is 0 Å². The summed E-state index contributed by atoms with van der Waals surface area (Å²) in [6.07, 6.45) is 4.23. The van der Waals surface area contributed by atoms with E-state index >= 15 is 0 Å². The van der Waals surface area contributed by atoms with E-state index in [1.165, 1.54) is 5.57 Å². The van der Waals surface area contributed by atoms with Crippen molar-refractivity contribution in [2.75, 3.05) is 0 Å². The maximum Gasteiger partial charge on any atom is 0.317 e. The number of ether oxygens (including phenoxy) is 1. The molecule has 0 saturated carbocycles. The Hall–Kier alpha value is -1.12. The van der Waals surface area contributed by atoms with Crippen molar-refractivity contribution in [1.29, 1.82) is 0 Å². The van der Waals surface area contributed by atoms with E-state index in [1.54, 1.807) is 0 Å². The molecule has 0 amide bonds. The summed E-state index contributed by atoms with van der Waals surface area (Å²) < 4.78 is 4.54. The zero-order chi connectivity index (χ0) is 13.0. The maximum absolute atomic E-state index is 11.3. The van der Waals surface area contributed by atoms with Crippen LogP contribution in [0.1, 0.15) is 47.0 Å². The van der Waals surface area contributed by atoms with E-state index in [0.29, 0.717) is 18.3 Å². The summed E-state index contributed by atoms with van der Waals surface area (Å²) in [5.41, 5.74) is 1.18. The van der Waals surface area contributed by atoms with Gasteiger partial charge in [-0.1, -0.05) is 32.4 Å². The Morgan fingerprint density at radius 1 is 1.41 bits per heavy atom. The quantitative estimate of drug-likeness (QED) is 0.420. The van der Waals surface area contributed by atoms with Crippen LogP contribution in [-0.4, -0.2) is 11.9 Å². The number of hydrogen-bond acceptors (Lipinski definition) is 3. The largest absolute Gasteiger partial charge is 0.393 e. The van der Waals surface area contributed by atoms with Crippen molar-refractivity contribution in [2.45, 2.75) is 47.0 Å². The van der Waals surface area contributed by atoms with Crippen LogP contribution >= 0.6 is 0 Å². The van der Waals surface area contributed by atoms with Crippen molar-refractivity contribution in [3.63, 3.8) is 0 Å². The van der Waals surface area contributed by atoms with Gasteiger partial charge in [-0.2, -0.15) is 0 Å². The number of allylic oxidation sites excluding steroid dienone is 2. The number of hydrogen-bond donors (Lipinski definition) is 0. The third-order valence-electron chi connectivity index (χ3n) is 2.94. The fraction of sp³-hybridized carbons (Fsp3) is 0.714. The zero-order valence-corrected chi connectivity index (χ0v) is 11.2. The molecule has 0 aliphatic carbocycles. The normalized spacial score (nSPS) is 23.1. The molecule has 1 heterocycles. The smallest absolute Gasteiger partial charge is 0.317 e. The van der Waals surface area contributed by atoms with Gasteiger partial charge >= 0.3 is 11.9 Å². The molecule has 0 spiro atoms. The second-order valence-corrected chi connectivity index (χ2v) is 5.52. The number of carbonyl (C=O) groups is 2. The monoisotopic (exact) mass is 238 g/mol. The van der Waals surface area contributed by atoms with E-state index in [1.807, 2.05) is 6.92 Å². The Balaban J connectivity index is 2.48. The summed E-state index contributed by atoms with van der Waals surface area (Å²) in [4.78, 5) is 22.3. The van der Waals surface area contributed by atoms with Crippen LogP contribution in [0.3, 0.4) is 0 Å². The molecule has 1 aliphatic rings. The molecule has 2 unspecified atom stereocenters. The molecule has 0 N–H and O–H groups in total. The maximum atomic E-state index is 11.3. The Bertz CT molecular complexity index is 328. The minimum Gasteiger partial charge on any atom is -0.393 e. The number of esters is 2. The van der Waals surface area contributed by atoms with Crippen LogP contribution in [0.25, 0.3) is 0 Å². The van der Waals surface area contributed by atoms with Gasteiger partial charge in [0.15, 0.2) is 0 Å². The highest BCUT2D eigenvalue weighted by atomic mass is 16.6. The molecule has 1 fully saturated rings. The highest BCUT2D eigenvalue weighted by Crippen LogP contribution is 2.24. The Kier molecular flexibility index (Phi) is 4.91. The standard InChI is InChI=1S/C14H22O3/c1-9(2)5-10(3)6-11(4)7-12-8-13(15)17-14(12)16/h6,9-10,12H,5,7-8H2,1-4H3/b11-6+. The van der Waals surface area contributed by atoms with E-state index in [-0.39, 0.29) is 24.3 Å². The van der Waals surface area contributed by atoms with Gasteiger partial charge in [0.1, 0.15) is 0 Å². The SMILES string of the molecule is C/C(=C\C(C)CC(C)C)CC1CC(=O)OC1=O. The van der Waals surface area contributed by atoms with E-state index < -0.39 is 0 Å². The molecule has 0 bridgehead atoms. The molecule has 0 aromatic carbocycles. The molecule has 3 heteroatoms. The summed E-state index contributed by atoms with van der Waals surface area (Å²) in [5.74, 6) is 0.183. The molecular weight excluding hydrogens is 216 g/mol. The lowest BCUT2D eigenvalue weighted by Gasteiger charge is -2.12. The summed E-state index contributed by atoms with van der Waals surface area (Å²) in [5, 5.41) is 0. The van der Waals surface area contributed by atoms with Gasteiger partial charge in [-0.15, -0.1) is 0 Å². The molecule has 96 valence electrons. The van der Waals surface area contributed by atoms with Crippen LogP contribution in [0.15, 0.2) is 11.6 Å². The predicted octanol–water partition coefficient (Wildman–Crippen LogP) is 3.09. The summed E-state index contributed by atoms with van der Waals surface area (Å²) >= 11 is 0. The number of cyclic esters (lactones) is 2. The summed E-state index contributed by atoms with van der Waals surface area (Å²) in [7, 11) is 0. The van der Waals surface area contributed by atoms with E-state index in [9.17, 15) is 9.59 Å². The van der Waals surface area contributed by atoms with Crippen molar-refractivity contribution in [2.24, 2.45) is 17.8 Å². The minimum absolute atomic E-state index is 0.239. The van der Waals surface area contributed by atoms with Crippen LogP contribution in [-0.2, 0) is 14.3 Å². The first-order valence-corrected chi connectivity index (χ1v) is 6.30. The van der Waals surface area contributed by atoms with Crippen LogP contribution < -0.4 is 0 Å². The first kappa shape index (κ1) is 13.9. The molecule has 0 aromatic heterocycles. The molecule has 1 rings (SSSR count). The molecule has 1 aliphatic heterocycles. The zero-order valence-electron chi connectivity index (χ0n) is 11.2. The Labute approximate surface area is 103 Å². The summed E-state index contributed by atoms with van der Waals surface area (Å²) in [6, 6.07) is 0. The third-order valence-corrected chi connectivity index (χ3v) is 2.94. The van der Waals surface area contributed by atoms with Crippen molar-refractivity contribution in [3.8, 4) is 0 Å². The van der Waals surface area contributed by atoms with Crippen molar-refractivity contribution in [1.82, 2.24) is 0 Å². The van der Waals surface area contributed by atoms with E-state index in [2.05, 4.69) is 31.6 Å². The van der Waals surface area contributed by atoms with Gasteiger partial charge in [0.2, 0.25) is 0 Å². The molecule has 2 atom stereocenters. The number of rotatable bonds is 5. The highest BCUT2D eigenvalue weighted by Gasteiger charge is 2.33. The molecule has 0 aromatic rings. The minimum atomic E-state index is -0.386. The lowest BCUT2D eigenvalue weighted by Crippen LogP contribution is -2.08. The van der Waals surface area contributed by atoms with E-state index in [4.69, 9.17) is 0 Å². The Morgan fingerprint density at radius 3 is 2.53 bits per heavy atom. The predicted molar refractivity (Wildman–Crippen MR) is 66.2 cm³/mol. The number of carbonyl (C=O) groups excluding carboxylic acids is 2. The van der Waals surface area contributed by atoms with Gasteiger partial charge in [0.25, 0.3) is 0 Å². The highest BCUT2D eigenvalue weighted by molar-refractivity contribution is 5.94. The van der Waals surface area contributed by atoms with Crippen LogP contribution in [0.4, 0.5) is 0 Å². The van der Waals surface area contributed by atoms with E-state index in [0.717, 1.165) is 6.42 Å². The van der Waals surface area contributed by atoms with Gasteiger partial charge in [0.05, 0.1) is 12.3 Å². The van der Waals surface area contributed by atoms with Crippen molar-refractivity contribution < 1.29 is 14.3 Å². The first-order valence-electron chi connectivity index (χ1n) is 6.30. The van der Waals surface area contributed by atoms with Crippen LogP contribution in [0, 0.1) is 17.8 Å². The second-order valence-electron chi connectivity index (χ2n) is 5.52. The topological polar surface area (TPSA) is 43.4 Å². The molecule has 17 heavy (non-hydrogen) atoms. The van der Waals surface area contributed by atoms with Crippen molar-refractivity contribution in [3.05, 3.63) is 11.6 Å². The molecule has 1 saturated heterocycles. The van der Waals surface area contributed by atoms with Gasteiger partial charge in [-0.05, 0) is 31.6 Å². The average molecular weight is 238 g/mol. The third kappa shape index (κ3) is 4.72. The van der Waals surface area contributed by atoms with Crippen LogP contribution in [0.5, 0.6) is 0 Å². The molecule has 3 nitrogen and oxygen atoms in total. The fourth-order valence-electron chi connectivity index (χ4n) is 2.43. The van der Waals surface area contributed by atoms with Gasteiger partial charge in [-0.3, -0.25) is 9.59 Å². The summed E-state index contributed by atoms with van der Waals surface area (Å²) in [6.45, 7) is 8.61. The van der Waals surface area contributed by atoms with Gasteiger partial charge < -0.3 is 4.74 Å². The van der Waals surface area contributed by atoms with Gasteiger partial charge in [0, 0.05) is 0 Å².